The molecule has 0 spiro atoms. The molecule has 2 amide bonds. The molecule has 118 valence electrons. The number of carbonyl (C=O) groups excluding carboxylic acids is 2. The first kappa shape index (κ1) is 15.2. The molecule has 3 rings (SSSR count). The fourth-order valence-corrected chi connectivity index (χ4v) is 2.78. The molecule has 0 saturated carbocycles. The molecule has 1 aliphatic heterocycles. The second-order valence-corrected chi connectivity index (χ2v) is 5.66. The lowest BCUT2D eigenvalue weighted by atomic mass is 10.1. The van der Waals surface area contributed by atoms with E-state index >= 15 is 0 Å². The number of amides is 2. The van der Waals surface area contributed by atoms with E-state index in [2.05, 4.69) is 5.32 Å². The van der Waals surface area contributed by atoms with Crippen molar-refractivity contribution in [2.24, 2.45) is 5.92 Å². The number of nitrogens with one attached hydrogen (secondary N) is 1. The first-order chi connectivity index (χ1) is 11.1. The molecular formula is C18H17FN2O2. The molecule has 1 fully saturated rings. The Balaban J connectivity index is 1.74. The maximum Gasteiger partial charge on any atom is 0.229 e. The maximum absolute atomic E-state index is 13.6. The van der Waals surface area contributed by atoms with Gasteiger partial charge in [-0.15, -0.1) is 0 Å². The van der Waals surface area contributed by atoms with Crippen LogP contribution >= 0.6 is 0 Å². The van der Waals surface area contributed by atoms with Gasteiger partial charge in [0.25, 0.3) is 0 Å². The van der Waals surface area contributed by atoms with E-state index in [-0.39, 0.29) is 23.9 Å². The fourth-order valence-electron chi connectivity index (χ4n) is 2.78. The van der Waals surface area contributed by atoms with Gasteiger partial charge >= 0.3 is 0 Å². The third-order valence-corrected chi connectivity index (χ3v) is 4.03. The predicted octanol–water partition coefficient (Wildman–Crippen LogP) is 3.13. The summed E-state index contributed by atoms with van der Waals surface area (Å²) in [5, 5.41) is 2.57. The molecular weight excluding hydrogens is 295 g/mol. The Morgan fingerprint density at radius 1 is 1.17 bits per heavy atom. The smallest absolute Gasteiger partial charge is 0.229 e. The van der Waals surface area contributed by atoms with Gasteiger partial charge in [0.05, 0.1) is 11.6 Å². The lowest BCUT2D eigenvalue weighted by Crippen LogP contribution is -2.28. The van der Waals surface area contributed by atoms with Gasteiger partial charge in [-0.3, -0.25) is 9.59 Å². The molecule has 1 aliphatic rings. The Bertz CT molecular complexity index is 760. The number of rotatable bonds is 3. The van der Waals surface area contributed by atoms with Crippen molar-refractivity contribution in [3.8, 4) is 0 Å². The van der Waals surface area contributed by atoms with Gasteiger partial charge in [0.1, 0.15) is 5.82 Å². The van der Waals surface area contributed by atoms with Crippen LogP contribution in [0.15, 0.2) is 48.5 Å². The first-order valence-corrected chi connectivity index (χ1v) is 7.47. The van der Waals surface area contributed by atoms with Crippen LogP contribution in [-0.4, -0.2) is 18.4 Å². The van der Waals surface area contributed by atoms with Crippen LogP contribution in [0.5, 0.6) is 0 Å². The van der Waals surface area contributed by atoms with Crippen LogP contribution in [0, 0.1) is 18.7 Å². The van der Waals surface area contributed by atoms with Crippen molar-refractivity contribution < 1.29 is 14.0 Å². The highest BCUT2D eigenvalue weighted by atomic mass is 19.1. The number of para-hydroxylation sites is 2. The third-order valence-electron chi connectivity index (χ3n) is 4.03. The van der Waals surface area contributed by atoms with Crippen LogP contribution in [0.4, 0.5) is 15.8 Å². The number of carbonyl (C=O) groups is 2. The van der Waals surface area contributed by atoms with E-state index < -0.39 is 11.7 Å². The lowest BCUT2D eigenvalue weighted by Gasteiger charge is -2.19. The van der Waals surface area contributed by atoms with Crippen molar-refractivity contribution in [3.63, 3.8) is 0 Å². The highest BCUT2D eigenvalue weighted by Gasteiger charge is 2.35. The average molecular weight is 312 g/mol. The molecule has 0 aromatic heterocycles. The molecule has 1 unspecified atom stereocenters. The molecule has 1 heterocycles. The van der Waals surface area contributed by atoms with E-state index in [1.54, 1.807) is 17.0 Å². The molecule has 5 heteroatoms. The standard InChI is InChI=1S/C18H17FN2O2/c1-12-6-2-5-9-16(12)21-11-13(10-17(21)22)18(23)20-15-8-4-3-7-14(15)19/h2-9,13H,10-11H2,1H3,(H,20,23). The van der Waals surface area contributed by atoms with Crippen LogP contribution in [0.25, 0.3) is 0 Å². The van der Waals surface area contributed by atoms with Crippen LogP contribution < -0.4 is 10.2 Å². The van der Waals surface area contributed by atoms with Gasteiger partial charge in [0.15, 0.2) is 0 Å². The van der Waals surface area contributed by atoms with E-state index in [4.69, 9.17) is 0 Å². The summed E-state index contributed by atoms with van der Waals surface area (Å²) in [5.41, 5.74) is 1.94. The number of nitrogens with zero attached hydrogens (tertiary/aromatic N) is 1. The zero-order valence-electron chi connectivity index (χ0n) is 12.8. The minimum atomic E-state index is -0.485. The van der Waals surface area contributed by atoms with Gasteiger partial charge in [0.2, 0.25) is 11.8 Å². The van der Waals surface area contributed by atoms with Gasteiger partial charge < -0.3 is 10.2 Å². The zero-order chi connectivity index (χ0) is 16.4. The molecule has 1 saturated heterocycles. The number of benzene rings is 2. The van der Waals surface area contributed by atoms with E-state index in [9.17, 15) is 14.0 Å². The fraction of sp³-hybridized carbons (Fsp3) is 0.222. The van der Waals surface area contributed by atoms with Crippen molar-refractivity contribution in [1.82, 2.24) is 0 Å². The van der Waals surface area contributed by atoms with Gasteiger partial charge in [0, 0.05) is 18.7 Å². The van der Waals surface area contributed by atoms with E-state index in [1.165, 1.54) is 12.1 Å². The average Bonchev–Trinajstić information content (AvgIpc) is 2.92. The number of anilines is 2. The maximum atomic E-state index is 13.6. The molecule has 0 aliphatic carbocycles. The van der Waals surface area contributed by atoms with Gasteiger partial charge in [-0.2, -0.15) is 0 Å². The Morgan fingerprint density at radius 2 is 1.87 bits per heavy atom. The summed E-state index contributed by atoms with van der Waals surface area (Å²) >= 11 is 0. The summed E-state index contributed by atoms with van der Waals surface area (Å²) in [6.07, 6.45) is 0.134. The quantitative estimate of drug-likeness (QED) is 0.946. The van der Waals surface area contributed by atoms with Crippen molar-refractivity contribution in [2.45, 2.75) is 13.3 Å². The summed E-state index contributed by atoms with van der Waals surface area (Å²) in [6, 6.07) is 13.6. The second kappa shape index (κ2) is 6.20. The normalized spacial score (nSPS) is 17.4. The van der Waals surface area contributed by atoms with Crippen LogP contribution in [0.3, 0.4) is 0 Å². The number of halogens is 1. The molecule has 1 N–H and O–H groups in total. The van der Waals surface area contributed by atoms with Crippen LogP contribution in [0.1, 0.15) is 12.0 Å². The van der Waals surface area contributed by atoms with Gasteiger partial charge in [-0.1, -0.05) is 30.3 Å². The number of aryl methyl sites for hydroxylation is 1. The highest BCUT2D eigenvalue weighted by molar-refractivity contribution is 6.03. The Kier molecular flexibility index (Phi) is 4.10. The Labute approximate surface area is 133 Å². The predicted molar refractivity (Wildman–Crippen MR) is 86.7 cm³/mol. The molecule has 1 atom stereocenters. The minimum Gasteiger partial charge on any atom is -0.323 e. The van der Waals surface area contributed by atoms with E-state index in [0.29, 0.717) is 6.54 Å². The summed E-state index contributed by atoms with van der Waals surface area (Å²) < 4.78 is 13.6. The SMILES string of the molecule is Cc1ccccc1N1CC(C(=O)Nc2ccccc2F)CC1=O. The highest BCUT2D eigenvalue weighted by Crippen LogP contribution is 2.28. The Morgan fingerprint density at radius 3 is 2.61 bits per heavy atom. The summed E-state index contributed by atoms with van der Waals surface area (Å²) in [4.78, 5) is 26.2. The number of hydrogen-bond donors (Lipinski definition) is 1. The second-order valence-electron chi connectivity index (χ2n) is 5.66. The lowest BCUT2D eigenvalue weighted by molar-refractivity contribution is -0.122. The topological polar surface area (TPSA) is 49.4 Å². The molecule has 2 aromatic carbocycles. The van der Waals surface area contributed by atoms with Crippen molar-refractivity contribution >= 4 is 23.2 Å². The Hall–Kier alpha value is -2.69. The summed E-state index contributed by atoms with van der Waals surface area (Å²) in [6.45, 7) is 2.24. The summed E-state index contributed by atoms with van der Waals surface area (Å²) in [5.74, 6) is -1.39. The minimum absolute atomic E-state index is 0.0898. The molecule has 2 aromatic rings. The van der Waals surface area contributed by atoms with Gasteiger partial charge in [-0.25, -0.2) is 4.39 Å². The van der Waals surface area contributed by atoms with Gasteiger partial charge in [-0.05, 0) is 30.7 Å². The molecule has 4 nitrogen and oxygen atoms in total. The third kappa shape index (κ3) is 3.08. The van der Waals surface area contributed by atoms with E-state index in [0.717, 1.165) is 11.3 Å². The van der Waals surface area contributed by atoms with Crippen molar-refractivity contribution in [3.05, 3.63) is 59.9 Å². The monoisotopic (exact) mass is 312 g/mol. The summed E-state index contributed by atoms with van der Waals surface area (Å²) in [7, 11) is 0. The number of hydrogen-bond acceptors (Lipinski definition) is 2. The van der Waals surface area contributed by atoms with Crippen molar-refractivity contribution in [1.29, 1.82) is 0 Å². The van der Waals surface area contributed by atoms with Crippen LogP contribution in [0.2, 0.25) is 0 Å². The van der Waals surface area contributed by atoms with Crippen molar-refractivity contribution in [2.75, 3.05) is 16.8 Å². The molecule has 23 heavy (non-hydrogen) atoms. The first-order valence-electron chi connectivity index (χ1n) is 7.47. The molecule has 0 bridgehead atoms. The zero-order valence-corrected chi connectivity index (χ0v) is 12.8. The largest absolute Gasteiger partial charge is 0.323 e. The molecule has 0 radical (unpaired) electrons. The van der Waals surface area contributed by atoms with Crippen LogP contribution in [-0.2, 0) is 9.59 Å². The van der Waals surface area contributed by atoms with E-state index in [1.807, 2.05) is 31.2 Å².